The lowest BCUT2D eigenvalue weighted by Gasteiger charge is -2.58. The number of rotatable bonds is 1. The van der Waals surface area contributed by atoms with Crippen molar-refractivity contribution in [3.8, 4) is 0 Å². The Morgan fingerprint density at radius 2 is 0.945 bits per heavy atom. The molecule has 17 rings (SSSR count). The molecular formula is C86H104BN3S. The molecule has 7 aromatic rings. The average molecular weight is 1220 g/mol. The van der Waals surface area contributed by atoms with E-state index in [-0.39, 0.29) is 71.8 Å². The third-order valence-corrected chi connectivity index (χ3v) is 29.7. The predicted octanol–water partition coefficient (Wildman–Crippen LogP) is 22.3. The van der Waals surface area contributed by atoms with Crippen LogP contribution in [0.4, 0.5) is 39.8 Å². The minimum Gasteiger partial charge on any atom is -0.334 e. The Kier molecular flexibility index (Phi) is 11.4. The summed E-state index contributed by atoms with van der Waals surface area (Å²) in [6.45, 7) is 56.2. The molecule has 472 valence electrons. The Morgan fingerprint density at radius 3 is 1.55 bits per heavy atom. The van der Waals surface area contributed by atoms with E-state index >= 15 is 0 Å². The molecular weight excluding hydrogens is 1120 g/mol. The van der Waals surface area contributed by atoms with Gasteiger partial charge in [-0.3, -0.25) is 0 Å². The van der Waals surface area contributed by atoms with Crippen LogP contribution in [0.15, 0.2) is 96.7 Å². The van der Waals surface area contributed by atoms with Crippen molar-refractivity contribution in [2.45, 2.75) is 288 Å². The van der Waals surface area contributed by atoms with Crippen LogP contribution < -0.4 is 24.9 Å². The monoisotopic (exact) mass is 1220 g/mol. The van der Waals surface area contributed by atoms with Crippen LogP contribution in [-0.4, -0.2) is 12.3 Å². The van der Waals surface area contributed by atoms with Crippen LogP contribution in [0.2, 0.25) is 0 Å². The molecule has 6 bridgehead atoms. The molecule has 1 fully saturated rings. The maximum absolute atomic E-state index is 2.99. The van der Waals surface area contributed by atoms with Gasteiger partial charge < -0.3 is 14.7 Å². The summed E-state index contributed by atoms with van der Waals surface area (Å²) in [5.74, 6) is 0.498. The zero-order chi connectivity index (χ0) is 64.4. The summed E-state index contributed by atoms with van der Waals surface area (Å²) < 4.78 is 2.96. The molecule has 4 unspecified atom stereocenters. The third kappa shape index (κ3) is 7.47. The van der Waals surface area contributed by atoms with Gasteiger partial charge in [0, 0.05) is 65.5 Å². The fraction of sp³-hybridized carbons (Fsp3) is 0.535. The van der Waals surface area contributed by atoms with Gasteiger partial charge in [-0.05, 0) is 264 Å². The molecule has 0 amide bonds. The summed E-state index contributed by atoms with van der Waals surface area (Å²) in [5, 5.41) is 1.43. The number of hydrogen-bond donors (Lipinski definition) is 0. The van der Waals surface area contributed by atoms with Crippen LogP contribution in [0.25, 0.3) is 15.6 Å². The van der Waals surface area contributed by atoms with Gasteiger partial charge in [-0.2, -0.15) is 0 Å². The fourth-order valence-corrected chi connectivity index (χ4v) is 23.0. The number of hydrogen-bond acceptors (Lipinski definition) is 4. The van der Waals surface area contributed by atoms with Gasteiger partial charge in [0.15, 0.2) is 0 Å². The number of anilines is 7. The second kappa shape index (κ2) is 17.5. The lowest BCUT2D eigenvalue weighted by atomic mass is 9.35. The molecule has 5 heterocycles. The van der Waals surface area contributed by atoms with Crippen molar-refractivity contribution in [3.05, 3.63) is 163 Å². The van der Waals surface area contributed by atoms with Gasteiger partial charge >= 0.3 is 0 Å². The number of nitrogens with zero attached hydrogens (tertiary/aromatic N) is 3. The summed E-state index contributed by atoms with van der Waals surface area (Å²) in [7, 11) is 0. The molecule has 10 aliphatic rings. The quantitative estimate of drug-likeness (QED) is 0.152. The molecule has 3 nitrogen and oxygen atoms in total. The van der Waals surface area contributed by atoms with Gasteiger partial charge in [0.25, 0.3) is 6.71 Å². The van der Waals surface area contributed by atoms with Crippen molar-refractivity contribution in [1.82, 2.24) is 0 Å². The van der Waals surface area contributed by atoms with E-state index in [4.69, 9.17) is 0 Å². The van der Waals surface area contributed by atoms with Crippen LogP contribution >= 0.6 is 11.3 Å². The van der Waals surface area contributed by atoms with E-state index in [2.05, 4.69) is 269 Å². The highest BCUT2D eigenvalue weighted by atomic mass is 32.1. The zero-order valence-corrected chi connectivity index (χ0v) is 60.7. The summed E-state index contributed by atoms with van der Waals surface area (Å²) in [6, 6.07) is 40.3. The van der Waals surface area contributed by atoms with Gasteiger partial charge in [-0.25, -0.2) is 0 Å². The lowest BCUT2D eigenvalue weighted by Crippen LogP contribution is -2.59. The van der Waals surface area contributed by atoms with Gasteiger partial charge in [0.1, 0.15) is 0 Å². The second-order valence-electron chi connectivity index (χ2n) is 38.5. The van der Waals surface area contributed by atoms with E-state index in [0.717, 1.165) is 6.42 Å². The second-order valence-corrected chi connectivity index (χ2v) is 39.6. The molecule has 1 saturated carbocycles. The van der Waals surface area contributed by atoms with Crippen molar-refractivity contribution in [3.63, 3.8) is 0 Å². The molecule has 4 atom stereocenters. The molecule has 0 N–H and O–H groups in total. The highest BCUT2D eigenvalue weighted by molar-refractivity contribution is 7.34. The van der Waals surface area contributed by atoms with Crippen molar-refractivity contribution in [2.24, 2.45) is 5.92 Å². The number of benzene rings is 6. The van der Waals surface area contributed by atoms with E-state index in [1.54, 1.807) is 38.9 Å². The van der Waals surface area contributed by atoms with Crippen LogP contribution in [0.3, 0.4) is 0 Å². The maximum Gasteiger partial charge on any atom is 0.265 e. The Bertz CT molecular complexity index is 4480. The summed E-state index contributed by atoms with van der Waals surface area (Å²) in [6.07, 6.45) is 13.1. The molecule has 5 heteroatoms. The molecule has 4 aliphatic heterocycles. The van der Waals surface area contributed by atoms with Gasteiger partial charge in [0.2, 0.25) is 0 Å². The zero-order valence-electron chi connectivity index (χ0n) is 59.8. The highest BCUT2D eigenvalue weighted by Gasteiger charge is 2.64. The molecule has 6 aromatic carbocycles. The SMILES string of the molecule is CC(C)(C)c1ccc2c(c1)C1(C)CCC3CC1(C)N2c1cc2c4c(c1)N(c1ccc5c(c1)C3(C)CCC5(C)C)c1c(sc3cc5c(cc13)C(C)(C)CCC5(C)C)B4C1=C(N2c2ccc3c(c2)C(C)(C)CCC3(C)C)C(C)(C)c2cc3c(cc21)C(C)(C)CCC3(C)C. The van der Waals surface area contributed by atoms with Crippen molar-refractivity contribution in [1.29, 1.82) is 0 Å². The number of fused-ring (bicyclic) bond motifs is 20. The van der Waals surface area contributed by atoms with Crippen molar-refractivity contribution in [2.75, 3.05) is 14.7 Å². The van der Waals surface area contributed by atoms with E-state index in [0.29, 0.717) is 5.92 Å². The first-order valence-corrected chi connectivity index (χ1v) is 36.7. The fourth-order valence-electron chi connectivity index (χ4n) is 21.7. The molecule has 0 radical (unpaired) electrons. The highest BCUT2D eigenvalue weighted by Crippen LogP contribution is 2.68. The molecule has 1 aromatic heterocycles. The van der Waals surface area contributed by atoms with E-state index in [9.17, 15) is 0 Å². The topological polar surface area (TPSA) is 9.72 Å². The normalized spacial score (nSPS) is 28.4. The summed E-state index contributed by atoms with van der Waals surface area (Å²) in [5.41, 5.74) is 32.2. The summed E-state index contributed by atoms with van der Waals surface area (Å²) in [4.78, 5) is 8.82. The van der Waals surface area contributed by atoms with Crippen molar-refractivity contribution >= 4 is 83.7 Å². The average Bonchev–Trinajstić information content (AvgIpc) is 1.55. The smallest absolute Gasteiger partial charge is 0.265 e. The summed E-state index contributed by atoms with van der Waals surface area (Å²) >= 11 is 2.15. The largest absolute Gasteiger partial charge is 0.334 e. The Hall–Kier alpha value is -5.52. The van der Waals surface area contributed by atoms with Gasteiger partial charge in [-0.15, -0.1) is 11.3 Å². The number of thiophene rings is 1. The first-order valence-electron chi connectivity index (χ1n) is 35.9. The third-order valence-electron chi connectivity index (χ3n) is 28.5. The Labute approximate surface area is 552 Å². The first-order chi connectivity index (χ1) is 42.3. The van der Waals surface area contributed by atoms with Crippen LogP contribution in [0.1, 0.15) is 290 Å². The minimum absolute atomic E-state index is 0.00635. The minimum atomic E-state index is -0.349. The van der Waals surface area contributed by atoms with E-state index < -0.39 is 0 Å². The molecule has 0 saturated heterocycles. The van der Waals surface area contributed by atoms with Crippen LogP contribution in [0.5, 0.6) is 0 Å². The Morgan fingerprint density at radius 1 is 0.440 bits per heavy atom. The predicted molar refractivity (Wildman–Crippen MR) is 392 cm³/mol. The van der Waals surface area contributed by atoms with E-state index in [1.165, 1.54) is 163 Å². The van der Waals surface area contributed by atoms with Gasteiger partial charge in [0.05, 0.1) is 11.2 Å². The van der Waals surface area contributed by atoms with Crippen LogP contribution in [0, 0.1) is 5.92 Å². The van der Waals surface area contributed by atoms with Crippen molar-refractivity contribution < 1.29 is 0 Å². The van der Waals surface area contributed by atoms with E-state index in [1.807, 2.05) is 0 Å². The molecule has 6 aliphatic carbocycles. The van der Waals surface area contributed by atoms with Crippen LogP contribution in [-0.2, 0) is 59.6 Å². The van der Waals surface area contributed by atoms with Gasteiger partial charge in [-0.1, -0.05) is 182 Å². The maximum atomic E-state index is 2.99. The first kappa shape index (κ1) is 59.2. The Balaban J connectivity index is 1.07. The lowest BCUT2D eigenvalue weighted by molar-refractivity contribution is 0.0840. The molecule has 0 spiro atoms. The molecule has 91 heavy (non-hydrogen) atoms. The number of allylic oxidation sites excluding steroid dienone is 1. The standard InChI is InChI=1S/C86H104BN3S/c1-75(2,3)49-23-28-66-65(39-49)85(21)30-29-50-48-86(85,22)90(66)53-42-67-71-68(43-53)89(52-25-26-56-59(40-52)78(8,9)32-31-76(56,4)5)73-70(54-44-60-62(46-58(54)83(73,18)19)81(14,15)35-33-79(60,10)11)87(71)74-72(55-45-61-63(47-69(55)91-74)82(16,17)36-34-80(61,12)13)88(67)51-24-27-57-64(41-51)84(50,20)38-37-77(57,6)7/h23-28,39-47,50H,29-38,48H2,1-22H3.